The second-order valence-corrected chi connectivity index (χ2v) is 16.0. The van der Waals surface area contributed by atoms with Crippen molar-refractivity contribution in [2.75, 3.05) is 9.80 Å². The van der Waals surface area contributed by atoms with Crippen LogP contribution in [-0.4, -0.2) is 6.04 Å². The van der Waals surface area contributed by atoms with Crippen LogP contribution in [0.25, 0.3) is 65.3 Å². The zero-order valence-electron chi connectivity index (χ0n) is 33.0. The molecule has 0 saturated carbocycles. The number of rotatable bonds is 6. The summed E-state index contributed by atoms with van der Waals surface area (Å²) in [6, 6.07) is 76.2. The maximum atomic E-state index is 2.50. The molecule has 2 aliphatic rings. The molecule has 0 bridgehead atoms. The van der Waals surface area contributed by atoms with Crippen LogP contribution < -0.4 is 9.80 Å². The van der Waals surface area contributed by atoms with Gasteiger partial charge in [0.05, 0.1) is 6.04 Å². The zero-order chi connectivity index (χ0) is 39.6. The van der Waals surface area contributed by atoms with Gasteiger partial charge in [-0.3, -0.25) is 0 Å². The van der Waals surface area contributed by atoms with E-state index < -0.39 is 0 Å². The molecule has 0 spiro atoms. The first-order valence-electron chi connectivity index (χ1n) is 20.9. The van der Waals surface area contributed by atoms with E-state index in [2.05, 4.69) is 240 Å². The number of nitrogens with zero attached hydrogens (tertiary/aromatic N) is 2. The number of anilines is 5. The summed E-state index contributed by atoms with van der Waals surface area (Å²) in [4.78, 5) is 4.91. The molecule has 0 amide bonds. The minimum Gasteiger partial charge on any atom is -0.333 e. The van der Waals surface area contributed by atoms with Crippen molar-refractivity contribution in [1.82, 2.24) is 0 Å². The van der Waals surface area contributed by atoms with Crippen molar-refractivity contribution in [2.45, 2.75) is 12.0 Å². The molecule has 2 atom stereocenters. The maximum Gasteiger partial charge on any atom is 0.0629 e. The van der Waals surface area contributed by atoms with Crippen LogP contribution in [0, 0.1) is 0 Å². The number of fused-ring (bicyclic) bond motifs is 9. The third-order valence-corrected chi connectivity index (χ3v) is 12.7. The monoisotopic (exact) mass is 764 g/mol. The molecule has 2 unspecified atom stereocenters. The summed E-state index contributed by atoms with van der Waals surface area (Å²) in [5.74, 6) is 0.342. The van der Waals surface area contributed by atoms with Crippen LogP contribution in [0.5, 0.6) is 0 Å². The van der Waals surface area contributed by atoms with E-state index in [1.54, 1.807) is 0 Å². The molecule has 282 valence electrons. The van der Waals surface area contributed by atoms with Gasteiger partial charge >= 0.3 is 0 Å². The summed E-state index contributed by atoms with van der Waals surface area (Å²) in [5.41, 5.74) is 12.0. The van der Waals surface area contributed by atoms with Crippen LogP contribution in [0.3, 0.4) is 0 Å². The molecule has 10 aromatic rings. The Labute approximate surface area is 350 Å². The lowest BCUT2D eigenvalue weighted by Crippen LogP contribution is -2.28. The Bertz CT molecular complexity index is 3340. The second kappa shape index (κ2) is 14.0. The Morgan fingerprint density at radius 3 is 1.57 bits per heavy atom. The number of hydrogen-bond acceptors (Lipinski definition) is 2. The topological polar surface area (TPSA) is 6.48 Å². The van der Waals surface area contributed by atoms with Gasteiger partial charge in [-0.25, -0.2) is 0 Å². The van der Waals surface area contributed by atoms with Crippen molar-refractivity contribution in [1.29, 1.82) is 0 Å². The van der Waals surface area contributed by atoms with Gasteiger partial charge in [-0.1, -0.05) is 164 Å². The molecule has 0 N–H and O–H groups in total. The van der Waals surface area contributed by atoms with E-state index in [0.717, 1.165) is 17.1 Å². The average molecular weight is 765 g/mol. The van der Waals surface area contributed by atoms with Crippen LogP contribution in [0.4, 0.5) is 28.4 Å². The molecule has 60 heavy (non-hydrogen) atoms. The standard InChI is InChI=1S/C58H40N2/c1-3-18-47-41(14-1)37-55(51-22-7-5-20-49(47)51)39-28-30-43(31-29-39)59(44-32-34-45(35-33-44)60-57-26-11-9-24-53(57)54-25-10-12-27-58(54)60)46-17-13-16-40(36-46)56-38-42-15-2-4-19-48(42)50-21-6-8-23-52(50)56/h1-38,53,57H. The summed E-state index contributed by atoms with van der Waals surface area (Å²) in [6.07, 6.45) is 9.06. The fourth-order valence-electron chi connectivity index (χ4n) is 9.99. The first kappa shape index (κ1) is 34.4. The Morgan fingerprint density at radius 2 is 0.900 bits per heavy atom. The van der Waals surface area contributed by atoms with Crippen LogP contribution in [0.1, 0.15) is 11.5 Å². The number of benzene rings is 10. The minimum absolute atomic E-state index is 0.251. The van der Waals surface area contributed by atoms with Crippen LogP contribution in [0.2, 0.25) is 0 Å². The summed E-state index contributed by atoms with van der Waals surface area (Å²) in [5, 5.41) is 10.1. The van der Waals surface area contributed by atoms with Gasteiger partial charge in [-0.15, -0.1) is 0 Å². The number of allylic oxidation sites excluding steroid dienone is 2. The first-order chi connectivity index (χ1) is 29.8. The minimum atomic E-state index is 0.251. The average Bonchev–Trinajstić information content (AvgIpc) is 3.66. The van der Waals surface area contributed by atoms with E-state index in [0.29, 0.717) is 5.92 Å². The molecule has 0 fully saturated rings. The van der Waals surface area contributed by atoms with Gasteiger partial charge in [0.2, 0.25) is 0 Å². The van der Waals surface area contributed by atoms with Crippen molar-refractivity contribution in [3.05, 3.63) is 236 Å². The third-order valence-electron chi connectivity index (χ3n) is 12.7. The first-order valence-corrected chi connectivity index (χ1v) is 20.9. The Hall–Kier alpha value is -7.68. The van der Waals surface area contributed by atoms with Crippen molar-refractivity contribution in [3.63, 3.8) is 0 Å². The molecule has 1 aliphatic carbocycles. The zero-order valence-corrected chi connectivity index (χ0v) is 33.0. The van der Waals surface area contributed by atoms with E-state index in [9.17, 15) is 0 Å². The van der Waals surface area contributed by atoms with Crippen molar-refractivity contribution in [2.24, 2.45) is 0 Å². The molecule has 0 saturated heterocycles. The maximum absolute atomic E-state index is 2.50. The Kier molecular flexibility index (Phi) is 8.02. The number of hydrogen-bond donors (Lipinski definition) is 0. The van der Waals surface area contributed by atoms with E-state index in [-0.39, 0.29) is 6.04 Å². The molecule has 10 aromatic carbocycles. The van der Waals surface area contributed by atoms with Gasteiger partial charge in [0, 0.05) is 34.4 Å². The van der Waals surface area contributed by atoms with E-state index in [4.69, 9.17) is 0 Å². The van der Waals surface area contributed by atoms with Gasteiger partial charge in [0.1, 0.15) is 0 Å². The Balaban J connectivity index is 0.994. The van der Waals surface area contributed by atoms with Crippen LogP contribution in [0.15, 0.2) is 231 Å². The molecule has 0 aromatic heterocycles. The fraction of sp³-hybridized carbons (Fsp3) is 0.0345. The molecule has 1 heterocycles. The normalized spacial score (nSPS) is 15.5. The molecule has 12 rings (SSSR count). The highest BCUT2D eigenvalue weighted by molar-refractivity contribution is 6.15. The van der Waals surface area contributed by atoms with E-state index >= 15 is 0 Å². The molecule has 2 heteroatoms. The number of para-hydroxylation sites is 1. The summed E-state index contributed by atoms with van der Waals surface area (Å²) in [7, 11) is 0. The highest BCUT2D eigenvalue weighted by atomic mass is 15.2. The lowest BCUT2D eigenvalue weighted by Gasteiger charge is -2.30. The van der Waals surface area contributed by atoms with Gasteiger partial charge < -0.3 is 9.80 Å². The largest absolute Gasteiger partial charge is 0.333 e. The molecule has 0 radical (unpaired) electrons. The van der Waals surface area contributed by atoms with Gasteiger partial charge in [0.25, 0.3) is 0 Å². The predicted molar refractivity (Wildman–Crippen MR) is 255 cm³/mol. The smallest absolute Gasteiger partial charge is 0.0629 e. The van der Waals surface area contributed by atoms with Gasteiger partial charge in [0.15, 0.2) is 0 Å². The van der Waals surface area contributed by atoms with Gasteiger partial charge in [-0.05, 0) is 138 Å². The highest BCUT2D eigenvalue weighted by Gasteiger charge is 2.37. The van der Waals surface area contributed by atoms with E-state index in [1.807, 2.05) is 0 Å². The summed E-state index contributed by atoms with van der Waals surface area (Å²) >= 11 is 0. The Morgan fingerprint density at radius 1 is 0.367 bits per heavy atom. The van der Waals surface area contributed by atoms with Crippen LogP contribution >= 0.6 is 0 Å². The fourth-order valence-corrected chi connectivity index (χ4v) is 9.99. The van der Waals surface area contributed by atoms with E-state index in [1.165, 1.54) is 82.3 Å². The predicted octanol–water partition coefficient (Wildman–Crippen LogP) is 15.8. The third kappa shape index (κ3) is 5.56. The molecule has 2 nitrogen and oxygen atoms in total. The quantitative estimate of drug-likeness (QED) is 0.156. The molecular weight excluding hydrogens is 725 g/mol. The summed E-state index contributed by atoms with van der Waals surface area (Å²) in [6.45, 7) is 0. The van der Waals surface area contributed by atoms with Crippen LogP contribution in [-0.2, 0) is 0 Å². The van der Waals surface area contributed by atoms with Crippen molar-refractivity contribution >= 4 is 71.5 Å². The van der Waals surface area contributed by atoms with Crippen molar-refractivity contribution < 1.29 is 0 Å². The van der Waals surface area contributed by atoms with Gasteiger partial charge in [-0.2, -0.15) is 0 Å². The molecular formula is C58H40N2. The highest BCUT2D eigenvalue weighted by Crippen LogP contribution is 2.48. The summed E-state index contributed by atoms with van der Waals surface area (Å²) < 4.78 is 0. The van der Waals surface area contributed by atoms with Crippen molar-refractivity contribution in [3.8, 4) is 22.3 Å². The lowest BCUT2D eigenvalue weighted by atomic mass is 9.91. The SMILES string of the molecule is C1=CC2c3ccccc3N(c3ccc(N(c4ccc(-c5cc6ccccc6c6ccccc56)cc4)c4cccc(-c5cc6ccccc6c6ccccc56)c4)cc3)C2C=C1. The second-order valence-electron chi connectivity index (χ2n) is 16.0. The lowest BCUT2D eigenvalue weighted by molar-refractivity contribution is 0.745. The molecule has 1 aliphatic heterocycles.